The molecule has 1 saturated carbocycles. The molecule has 0 bridgehead atoms. The average Bonchev–Trinajstić information content (AvgIpc) is 3.20. The molecular formula is C24H28N2O3. The second-order valence-electron chi connectivity index (χ2n) is 7.90. The van der Waals surface area contributed by atoms with Gasteiger partial charge < -0.3 is 15.0 Å². The second-order valence-corrected chi connectivity index (χ2v) is 7.90. The van der Waals surface area contributed by atoms with Crippen LogP contribution in [-0.4, -0.2) is 35.9 Å². The van der Waals surface area contributed by atoms with Crippen LogP contribution < -0.4 is 10.1 Å². The van der Waals surface area contributed by atoms with E-state index in [-0.39, 0.29) is 24.5 Å². The van der Waals surface area contributed by atoms with Gasteiger partial charge in [-0.1, -0.05) is 61.4 Å². The molecule has 2 aromatic rings. The van der Waals surface area contributed by atoms with Crippen molar-refractivity contribution >= 4 is 11.8 Å². The zero-order valence-corrected chi connectivity index (χ0v) is 16.7. The molecule has 5 heteroatoms. The first-order chi connectivity index (χ1) is 14.2. The van der Waals surface area contributed by atoms with E-state index in [4.69, 9.17) is 4.74 Å². The Labute approximate surface area is 172 Å². The van der Waals surface area contributed by atoms with Crippen LogP contribution in [0.25, 0.3) is 0 Å². The summed E-state index contributed by atoms with van der Waals surface area (Å²) in [6, 6.07) is 17.3. The van der Waals surface area contributed by atoms with Crippen LogP contribution in [0.3, 0.4) is 0 Å². The van der Waals surface area contributed by atoms with Gasteiger partial charge in [0.05, 0.1) is 0 Å². The van der Waals surface area contributed by atoms with E-state index in [2.05, 4.69) is 17.4 Å². The average molecular weight is 392 g/mol. The highest BCUT2D eigenvalue weighted by molar-refractivity contribution is 5.90. The number of carbonyl (C=O) groups is 2. The first-order valence-corrected chi connectivity index (χ1v) is 10.6. The highest BCUT2D eigenvalue weighted by Crippen LogP contribution is 2.33. The summed E-state index contributed by atoms with van der Waals surface area (Å²) in [5.74, 6) is 0.390. The number of carbonyl (C=O) groups excluding carboxylic acids is 2. The predicted octanol–water partition coefficient (Wildman–Crippen LogP) is 3.64. The lowest BCUT2D eigenvalue weighted by Crippen LogP contribution is -2.46. The van der Waals surface area contributed by atoms with Gasteiger partial charge in [0.2, 0.25) is 5.91 Å². The SMILES string of the molecule is O=C(NC1CCCC1)C1c2ccccc2OCC(=O)N1CCCc1ccccc1. The van der Waals surface area contributed by atoms with Gasteiger partial charge in [-0.25, -0.2) is 0 Å². The smallest absolute Gasteiger partial charge is 0.261 e. The molecule has 4 rings (SSSR count). The highest BCUT2D eigenvalue weighted by atomic mass is 16.5. The highest BCUT2D eigenvalue weighted by Gasteiger charge is 2.36. The standard InChI is InChI=1S/C24H28N2O3/c27-22-17-29-21-15-7-6-14-20(21)23(24(28)25-19-12-4-5-13-19)26(22)16-8-11-18-9-2-1-3-10-18/h1-3,6-7,9-10,14-15,19,23H,4-5,8,11-13,16-17H2,(H,25,28). The maximum atomic E-state index is 13.3. The Morgan fingerprint density at radius 3 is 2.55 bits per heavy atom. The van der Waals surface area contributed by atoms with Crippen molar-refractivity contribution in [3.63, 3.8) is 0 Å². The molecule has 152 valence electrons. The van der Waals surface area contributed by atoms with E-state index in [0.29, 0.717) is 12.3 Å². The van der Waals surface area contributed by atoms with Gasteiger partial charge in [-0.2, -0.15) is 0 Å². The zero-order valence-electron chi connectivity index (χ0n) is 16.7. The number of hydrogen-bond acceptors (Lipinski definition) is 3. The summed E-state index contributed by atoms with van der Waals surface area (Å²) >= 11 is 0. The molecule has 0 saturated heterocycles. The maximum Gasteiger partial charge on any atom is 0.261 e. The number of para-hydroxylation sites is 1. The molecule has 5 nitrogen and oxygen atoms in total. The quantitative estimate of drug-likeness (QED) is 0.817. The molecule has 2 aliphatic rings. The first-order valence-electron chi connectivity index (χ1n) is 10.6. The molecule has 1 heterocycles. The number of nitrogens with one attached hydrogen (secondary N) is 1. The van der Waals surface area contributed by atoms with Crippen LogP contribution >= 0.6 is 0 Å². The van der Waals surface area contributed by atoms with Gasteiger partial charge >= 0.3 is 0 Å². The largest absolute Gasteiger partial charge is 0.483 e. The van der Waals surface area contributed by atoms with Crippen LogP contribution in [0.1, 0.15) is 49.3 Å². The van der Waals surface area contributed by atoms with Crippen molar-refractivity contribution in [3.8, 4) is 5.75 Å². The summed E-state index contributed by atoms with van der Waals surface area (Å²) in [6.07, 6.45) is 5.98. The van der Waals surface area contributed by atoms with E-state index in [1.807, 2.05) is 42.5 Å². The molecule has 1 fully saturated rings. The Bertz CT molecular complexity index is 846. The molecule has 1 unspecified atom stereocenters. The Hall–Kier alpha value is -2.82. The van der Waals surface area contributed by atoms with E-state index >= 15 is 0 Å². The van der Waals surface area contributed by atoms with Crippen molar-refractivity contribution in [2.45, 2.75) is 50.6 Å². The molecule has 29 heavy (non-hydrogen) atoms. The maximum absolute atomic E-state index is 13.3. The van der Waals surface area contributed by atoms with Crippen LogP contribution in [0.2, 0.25) is 0 Å². The fourth-order valence-electron chi connectivity index (χ4n) is 4.36. The summed E-state index contributed by atoms with van der Waals surface area (Å²) in [7, 11) is 0. The van der Waals surface area contributed by atoms with E-state index in [0.717, 1.165) is 44.1 Å². The van der Waals surface area contributed by atoms with Gasteiger partial charge in [-0.3, -0.25) is 9.59 Å². The van der Waals surface area contributed by atoms with Crippen molar-refractivity contribution in [2.75, 3.05) is 13.2 Å². The molecule has 0 aromatic heterocycles. The second kappa shape index (κ2) is 9.12. The molecular weight excluding hydrogens is 364 g/mol. The van der Waals surface area contributed by atoms with E-state index < -0.39 is 6.04 Å². The Morgan fingerprint density at radius 1 is 1.03 bits per heavy atom. The summed E-state index contributed by atoms with van der Waals surface area (Å²) in [5, 5.41) is 3.19. The molecule has 2 amide bonds. The number of hydrogen-bond donors (Lipinski definition) is 1. The lowest BCUT2D eigenvalue weighted by atomic mass is 10.0. The number of aryl methyl sites for hydroxylation is 1. The van der Waals surface area contributed by atoms with Crippen molar-refractivity contribution in [2.24, 2.45) is 0 Å². The molecule has 1 aliphatic carbocycles. The van der Waals surface area contributed by atoms with Crippen LogP contribution in [-0.2, 0) is 16.0 Å². The first kappa shape index (κ1) is 19.5. The normalized spacial score (nSPS) is 19.4. The van der Waals surface area contributed by atoms with Gasteiger partial charge in [0.15, 0.2) is 6.61 Å². The third-order valence-corrected chi connectivity index (χ3v) is 5.85. The lowest BCUT2D eigenvalue weighted by Gasteiger charge is -2.30. The number of benzene rings is 2. The number of nitrogens with zero attached hydrogens (tertiary/aromatic N) is 1. The minimum atomic E-state index is -0.641. The fraction of sp³-hybridized carbons (Fsp3) is 0.417. The summed E-state index contributed by atoms with van der Waals surface area (Å²) in [6.45, 7) is 0.490. The Morgan fingerprint density at radius 2 is 1.76 bits per heavy atom. The van der Waals surface area contributed by atoms with Gasteiger partial charge in [-0.05, 0) is 37.3 Å². The molecule has 1 aliphatic heterocycles. The van der Waals surface area contributed by atoms with Crippen molar-refractivity contribution in [1.82, 2.24) is 10.2 Å². The number of amides is 2. The van der Waals surface area contributed by atoms with E-state index in [1.165, 1.54) is 5.56 Å². The van der Waals surface area contributed by atoms with Crippen molar-refractivity contribution in [3.05, 3.63) is 65.7 Å². The Balaban J connectivity index is 1.55. The summed E-state index contributed by atoms with van der Waals surface area (Å²) in [5.41, 5.74) is 2.01. The fourth-order valence-corrected chi connectivity index (χ4v) is 4.36. The predicted molar refractivity (Wildman–Crippen MR) is 112 cm³/mol. The Kier molecular flexibility index (Phi) is 6.13. The van der Waals surface area contributed by atoms with Crippen LogP contribution in [0.15, 0.2) is 54.6 Å². The zero-order chi connectivity index (χ0) is 20.1. The lowest BCUT2D eigenvalue weighted by molar-refractivity contribution is -0.141. The minimum absolute atomic E-state index is 0.0322. The van der Waals surface area contributed by atoms with Crippen LogP contribution in [0.5, 0.6) is 5.75 Å². The minimum Gasteiger partial charge on any atom is -0.483 e. The molecule has 0 radical (unpaired) electrons. The molecule has 0 spiro atoms. The van der Waals surface area contributed by atoms with Crippen molar-refractivity contribution in [1.29, 1.82) is 0 Å². The third kappa shape index (κ3) is 4.61. The molecule has 1 atom stereocenters. The van der Waals surface area contributed by atoms with Crippen molar-refractivity contribution < 1.29 is 14.3 Å². The van der Waals surface area contributed by atoms with Gasteiger partial charge in [0.25, 0.3) is 5.91 Å². The molecule has 2 aromatic carbocycles. The number of rotatable bonds is 6. The van der Waals surface area contributed by atoms with Gasteiger partial charge in [0.1, 0.15) is 11.8 Å². The van der Waals surface area contributed by atoms with Crippen LogP contribution in [0, 0.1) is 0 Å². The van der Waals surface area contributed by atoms with E-state index in [9.17, 15) is 9.59 Å². The third-order valence-electron chi connectivity index (χ3n) is 5.85. The monoisotopic (exact) mass is 392 g/mol. The molecule has 1 N–H and O–H groups in total. The van der Waals surface area contributed by atoms with Gasteiger partial charge in [0, 0.05) is 18.2 Å². The summed E-state index contributed by atoms with van der Waals surface area (Å²) < 4.78 is 5.73. The van der Waals surface area contributed by atoms with Crippen LogP contribution in [0.4, 0.5) is 0 Å². The topological polar surface area (TPSA) is 58.6 Å². The summed E-state index contributed by atoms with van der Waals surface area (Å²) in [4.78, 5) is 27.9. The number of fused-ring (bicyclic) bond motifs is 1. The van der Waals surface area contributed by atoms with E-state index in [1.54, 1.807) is 4.90 Å². The number of ether oxygens (including phenoxy) is 1. The van der Waals surface area contributed by atoms with Gasteiger partial charge in [-0.15, -0.1) is 0 Å².